The maximum atomic E-state index is 11.7. The number of piperidine rings is 1. The van der Waals surface area contributed by atoms with E-state index < -0.39 is 10.0 Å². The monoisotopic (exact) mass is 340 g/mol. The lowest BCUT2D eigenvalue weighted by Gasteiger charge is -2.33. The highest BCUT2D eigenvalue weighted by Crippen LogP contribution is 2.31. The molecule has 2 aromatic rings. The highest BCUT2D eigenvalue weighted by molar-refractivity contribution is 7.89. The minimum atomic E-state index is -3.13. The second kappa shape index (κ2) is 6.10. The molecule has 1 aliphatic heterocycles. The van der Waals surface area contributed by atoms with Crippen molar-refractivity contribution in [2.45, 2.75) is 32.7 Å². The molecule has 0 saturated carbocycles. The molecule has 1 N–H and O–H groups in total. The van der Waals surface area contributed by atoms with Crippen LogP contribution in [-0.4, -0.2) is 43.3 Å². The molecule has 6 nitrogen and oxygen atoms in total. The molecule has 0 unspecified atom stereocenters. The zero-order valence-electron chi connectivity index (χ0n) is 12.7. The number of hydrogen-bond donors (Lipinski definition) is 1. The minimum Gasteiger partial charge on any atom is -0.356 e. The molecule has 3 heterocycles. The topological polar surface area (TPSA) is 75.2 Å². The Hall–Kier alpha value is -1.25. The Kier molecular flexibility index (Phi) is 4.33. The molecular formula is C14H20N4O2S2. The smallest absolute Gasteiger partial charge is 0.211 e. The van der Waals surface area contributed by atoms with E-state index in [0.717, 1.165) is 42.0 Å². The predicted octanol–water partition coefficient (Wildman–Crippen LogP) is 1.91. The second-order valence-electron chi connectivity index (χ2n) is 5.56. The van der Waals surface area contributed by atoms with Gasteiger partial charge in [-0.1, -0.05) is 0 Å². The summed E-state index contributed by atoms with van der Waals surface area (Å²) in [5.41, 5.74) is 0. The molecule has 0 spiro atoms. The number of sulfonamides is 1. The summed E-state index contributed by atoms with van der Waals surface area (Å²) in [6, 6.07) is 2.16. The van der Waals surface area contributed by atoms with E-state index in [0.29, 0.717) is 0 Å². The quantitative estimate of drug-likeness (QED) is 0.920. The minimum absolute atomic E-state index is 0.0303. The average molecular weight is 340 g/mol. The van der Waals surface area contributed by atoms with Crippen LogP contribution in [0, 0.1) is 6.92 Å². The van der Waals surface area contributed by atoms with Gasteiger partial charge in [0.15, 0.2) is 0 Å². The van der Waals surface area contributed by atoms with Gasteiger partial charge < -0.3 is 4.90 Å². The Balaban J connectivity index is 1.73. The van der Waals surface area contributed by atoms with E-state index in [1.807, 2.05) is 0 Å². The van der Waals surface area contributed by atoms with E-state index in [-0.39, 0.29) is 11.8 Å². The normalized spacial score (nSPS) is 17.3. The van der Waals surface area contributed by atoms with Crippen LogP contribution in [0.15, 0.2) is 12.4 Å². The van der Waals surface area contributed by atoms with E-state index in [2.05, 4.69) is 32.6 Å². The lowest BCUT2D eigenvalue weighted by molar-refractivity contribution is 0.459. The number of nitrogens with one attached hydrogen (secondary N) is 1. The van der Waals surface area contributed by atoms with Crippen LogP contribution in [0.3, 0.4) is 0 Å². The SMILES string of the molecule is CCS(=O)(=O)NC1CCN(c2ncnc3sc(C)cc23)CC1. The Morgan fingerprint density at radius 2 is 2.09 bits per heavy atom. The van der Waals surface area contributed by atoms with Crippen LogP contribution < -0.4 is 9.62 Å². The van der Waals surface area contributed by atoms with Gasteiger partial charge in [0.25, 0.3) is 0 Å². The maximum absolute atomic E-state index is 11.7. The maximum Gasteiger partial charge on any atom is 0.211 e. The zero-order chi connectivity index (χ0) is 15.7. The Labute approximate surface area is 134 Å². The van der Waals surface area contributed by atoms with Crippen molar-refractivity contribution in [1.29, 1.82) is 0 Å². The summed E-state index contributed by atoms with van der Waals surface area (Å²) in [5.74, 6) is 1.10. The fourth-order valence-electron chi connectivity index (χ4n) is 2.76. The van der Waals surface area contributed by atoms with Gasteiger partial charge in [0.2, 0.25) is 10.0 Å². The van der Waals surface area contributed by atoms with Crippen molar-refractivity contribution in [1.82, 2.24) is 14.7 Å². The molecule has 0 radical (unpaired) electrons. The van der Waals surface area contributed by atoms with Crippen molar-refractivity contribution in [3.05, 3.63) is 17.3 Å². The van der Waals surface area contributed by atoms with Crippen LogP contribution in [0.5, 0.6) is 0 Å². The molecule has 0 aromatic carbocycles. The second-order valence-corrected chi connectivity index (χ2v) is 8.83. The lowest BCUT2D eigenvalue weighted by Crippen LogP contribution is -2.45. The molecule has 22 heavy (non-hydrogen) atoms. The van der Waals surface area contributed by atoms with E-state index in [9.17, 15) is 8.42 Å². The fraction of sp³-hybridized carbons (Fsp3) is 0.571. The van der Waals surface area contributed by atoms with Crippen molar-refractivity contribution in [3.63, 3.8) is 0 Å². The number of anilines is 1. The Morgan fingerprint density at radius 3 is 2.77 bits per heavy atom. The number of rotatable bonds is 4. The zero-order valence-corrected chi connectivity index (χ0v) is 14.4. The summed E-state index contributed by atoms with van der Waals surface area (Å²) in [4.78, 5) is 13.2. The Bertz CT molecular complexity index is 764. The fourth-order valence-corrected chi connectivity index (χ4v) is 4.51. The van der Waals surface area contributed by atoms with Gasteiger partial charge >= 0.3 is 0 Å². The van der Waals surface area contributed by atoms with Crippen LogP contribution in [0.4, 0.5) is 5.82 Å². The highest BCUT2D eigenvalue weighted by Gasteiger charge is 2.24. The molecular weight excluding hydrogens is 320 g/mol. The van der Waals surface area contributed by atoms with Crippen LogP contribution in [0.25, 0.3) is 10.2 Å². The first-order valence-corrected chi connectivity index (χ1v) is 9.91. The predicted molar refractivity (Wildman–Crippen MR) is 90.0 cm³/mol. The third-order valence-corrected chi connectivity index (χ3v) is 6.36. The molecule has 2 aromatic heterocycles. The Morgan fingerprint density at radius 1 is 1.36 bits per heavy atom. The van der Waals surface area contributed by atoms with Crippen LogP contribution in [-0.2, 0) is 10.0 Å². The number of aromatic nitrogens is 2. The van der Waals surface area contributed by atoms with Crippen LogP contribution >= 0.6 is 11.3 Å². The molecule has 0 atom stereocenters. The molecule has 3 rings (SSSR count). The molecule has 1 aliphatic rings. The molecule has 8 heteroatoms. The van der Waals surface area contributed by atoms with E-state index >= 15 is 0 Å². The lowest BCUT2D eigenvalue weighted by atomic mass is 10.1. The number of aryl methyl sites for hydroxylation is 1. The van der Waals surface area contributed by atoms with Gasteiger partial charge in [-0.3, -0.25) is 0 Å². The molecule has 0 bridgehead atoms. The first kappa shape index (κ1) is 15.6. The standard InChI is InChI=1S/C14H20N4O2S2/c1-3-22(19,20)17-11-4-6-18(7-5-11)13-12-8-10(2)21-14(12)16-9-15-13/h8-9,11,17H,3-7H2,1-2H3. The van der Waals surface area contributed by atoms with Crippen molar-refractivity contribution in [2.24, 2.45) is 0 Å². The van der Waals surface area contributed by atoms with E-state index in [4.69, 9.17) is 0 Å². The summed E-state index contributed by atoms with van der Waals surface area (Å²) in [7, 11) is -3.13. The molecule has 0 aliphatic carbocycles. The van der Waals surface area contributed by atoms with Gasteiger partial charge in [-0.15, -0.1) is 11.3 Å². The summed E-state index contributed by atoms with van der Waals surface area (Å²) in [6.07, 6.45) is 3.21. The van der Waals surface area contributed by atoms with Crippen molar-refractivity contribution < 1.29 is 8.42 Å². The van der Waals surface area contributed by atoms with Gasteiger partial charge in [-0.2, -0.15) is 0 Å². The van der Waals surface area contributed by atoms with Gasteiger partial charge in [-0.05, 0) is 32.8 Å². The number of hydrogen-bond acceptors (Lipinski definition) is 6. The first-order chi connectivity index (χ1) is 10.5. The van der Waals surface area contributed by atoms with Gasteiger partial charge in [0.1, 0.15) is 17.0 Å². The number of fused-ring (bicyclic) bond motifs is 1. The largest absolute Gasteiger partial charge is 0.356 e. The van der Waals surface area contributed by atoms with Gasteiger partial charge in [0, 0.05) is 24.0 Å². The molecule has 0 amide bonds. The van der Waals surface area contributed by atoms with Crippen LogP contribution in [0.2, 0.25) is 0 Å². The average Bonchev–Trinajstić information content (AvgIpc) is 2.88. The van der Waals surface area contributed by atoms with E-state index in [1.54, 1.807) is 24.6 Å². The van der Waals surface area contributed by atoms with Crippen molar-refractivity contribution >= 4 is 37.4 Å². The van der Waals surface area contributed by atoms with Gasteiger partial charge in [0.05, 0.1) is 11.1 Å². The third kappa shape index (κ3) is 3.23. The molecule has 1 saturated heterocycles. The summed E-state index contributed by atoms with van der Waals surface area (Å²) < 4.78 is 26.1. The van der Waals surface area contributed by atoms with Gasteiger partial charge in [-0.25, -0.2) is 23.1 Å². The summed E-state index contributed by atoms with van der Waals surface area (Å²) in [5, 5.41) is 1.09. The number of nitrogens with zero attached hydrogens (tertiary/aromatic N) is 3. The first-order valence-electron chi connectivity index (χ1n) is 7.44. The van der Waals surface area contributed by atoms with Crippen molar-refractivity contribution in [3.8, 4) is 0 Å². The van der Waals surface area contributed by atoms with E-state index in [1.165, 1.54) is 4.88 Å². The van der Waals surface area contributed by atoms with Crippen LogP contribution in [0.1, 0.15) is 24.6 Å². The summed E-state index contributed by atoms with van der Waals surface area (Å²) >= 11 is 1.67. The summed E-state index contributed by atoms with van der Waals surface area (Å²) in [6.45, 7) is 5.34. The number of thiophene rings is 1. The highest BCUT2D eigenvalue weighted by atomic mass is 32.2. The van der Waals surface area contributed by atoms with Crippen molar-refractivity contribution in [2.75, 3.05) is 23.7 Å². The third-order valence-electron chi connectivity index (χ3n) is 3.95. The molecule has 1 fully saturated rings. The molecule has 120 valence electrons.